The molecule has 0 radical (unpaired) electrons. The third kappa shape index (κ3) is 4.11. The second-order valence-corrected chi connectivity index (χ2v) is 7.93. The molecule has 1 saturated heterocycles. The first-order valence-electron chi connectivity index (χ1n) is 9.58. The molecule has 0 amide bonds. The molecule has 30 heavy (non-hydrogen) atoms. The molecule has 8 heteroatoms. The van der Waals surface area contributed by atoms with Crippen LogP contribution in [-0.2, 0) is 4.74 Å². The summed E-state index contributed by atoms with van der Waals surface area (Å²) in [6, 6.07) is 7.97. The zero-order chi connectivity index (χ0) is 21.1. The minimum Gasteiger partial charge on any atom is -0.493 e. The van der Waals surface area contributed by atoms with E-state index in [1.807, 2.05) is 24.3 Å². The largest absolute Gasteiger partial charge is 0.493 e. The summed E-state index contributed by atoms with van der Waals surface area (Å²) in [5.74, 6) is 3.34. The third-order valence-corrected chi connectivity index (χ3v) is 6.03. The molecule has 160 valence electrons. The molecule has 0 unspecified atom stereocenters. The summed E-state index contributed by atoms with van der Waals surface area (Å²) in [5.41, 5.74) is 3.07. The van der Waals surface area contributed by atoms with E-state index in [1.165, 1.54) is 0 Å². The molecule has 0 aromatic heterocycles. The number of ether oxygens (including phenoxy) is 6. The van der Waals surface area contributed by atoms with Crippen LogP contribution in [0.5, 0.6) is 28.7 Å². The Balaban J connectivity index is 1.85. The van der Waals surface area contributed by atoms with Crippen LogP contribution in [0.3, 0.4) is 0 Å². The molecule has 7 nitrogen and oxygen atoms in total. The van der Waals surface area contributed by atoms with Crippen molar-refractivity contribution in [3.63, 3.8) is 0 Å². The van der Waals surface area contributed by atoms with Crippen molar-refractivity contribution in [3.05, 3.63) is 39.0 Å². The molecule has 2 aliphatic rings. The molecule has 2 aromatic carbocycles. The molecule has 2 aromatic rings. The van der Waals surface area contributed by atoms with Gasteiger partial charge < -0.3 is 33.3 Å². The topological polar surface area (TPSA) is 58.6 Å². The summed E-state index contributed by atoms with van der Waals surface area (Å²) in [7, 11) is 4.85. The molecule has 0 spiro atoms. The Morgan fingerprint density at radius 3 is 2.17 bits per heavy atom. The monoisotopic (exact) mass is 525 g/mol. The molecule has 2 aliphatic heterocycles. The van der Waals surface area contributed by atoms with Crippen LogP contribution in [0, 0.1) is 3.57 Å². The first-order valence-corrected chi connectivity index (χ1v) is 10.7. The van der Waals surface area contributed by atoms with Crippen LogP contribution in [0.1, 0.15) is 11.1 Å². The first-order chi connectivity index (χ1) is 14.6. The van der Waals surface area contributed by atoms with E-state index in [4.69, 9.17) is 28.4 Å². The van der Waals surface area contributed by atoms with Crippen LogP contribution < -0.4 is 23.7 Å². The lowest BCUT2D eigenvalue weighted by atomic mass is 10.0. The van der Waals surface area contributed by atoms with Gasteiger partial charge in [0.25, 0.3) is 0 Å². The maximum Gasteiger partial charge on any atom is 0.231 e. The highest BCUT2D eigenvalue weighted by molar-refractivity contribution is 14.1. The lowest BCUT2D eigenvalue weighted by Crippen LogP contribution is -2.35. The van der Waals surface area contributed by atoms with Gasteiger partial charge in [-0.2, -0.15) is 0 Å². The summed E-state index contributed by atoms with van der Waals surface area (Å²) in [5, 5.41) is 0. The number of halogens is 1. The third-order valence-electron chi connectivity index (χ3n) is 5.10. The number of fused-ring (bicyclic) bond motifs is 1. The van der Waals surface area contributed by atoms with Gasteiger partial charge in [-0.1, -0.05) is 0 Å². The smallest absolute Gasteiger partial charge is 0.231 e. The normalized spacial score (nSPS) is 15.9. The van der Waals surface area contributed by atoms with E-state index in [1.54, 1.807) is 21.3 Å². The zero-order valence-corrected chi connectivity index (χ0v) is 19.4. The van der Waals surface area contributed by atoms with Crippen LogP contribution in [-0.4, -0.2) is 59.3 Å². The van der Waals surface area contributed by atoms with Gasteiger partial charge >= 0.3 is 0 Å². The van der Waals surface area contributed by atoms with Crippen molar-refractivity contribution in [2.45, 2.75) is 0 Å². The Kier molecular flexibility index (Phi) is 6.43. The molecule has 0 bridgehead atoms. The van der Waals surface area contributed by atoms with Gasteiger partial charge in [-0.15, -0.1) is 0 Å². The molecular weight excluding hydrogens is 501 g/mol. The Labute approximate surface area is 189 Å². The molecular formula is C22H24INO6. The van der Waals surface area contributed by atoms with Gasteiger partial charge in [0.2, 0.25) is 12.5 Å². The van der Waals surface area contributed by atoms with Crippen molar-refractivity contribution in [1.82, 2.24) is 4.90 Å². The number of morpholine rings is 1. The highest BCUT2D eigenvalue weighted by atomic mass is 127. The van der Waals surface area contributed by atoms with E-state index in [0.717, 1.165) is 45.0 Å². The second kappa shape index (κ2) is 9.22. The maximum absolute atomic E-state index is 5.59. The van der Waals surface area contributed by atoms with Gasteiger partial charge in [-0.25, -0.2) is 0 Å². The van der Waals surface area contributed by atoms with Gasteiger partial charge in [-0.05, 0) is 58.5 Å². The van der Waals surface area contributed by atoms with Crippen LogP contribution >= 0.6 is 22.6 Å². The number of rotatable bonds is 6. The fourth-order valence-electron chi connectivity index (χ4n) is 3.58. The molecule has 0 atom stereocenters. The second-order valence-electron chi connectivity index (χ2n) is 6.77. The minimum atomic E-state index is 0.252. The number of hydrogen-bond acceptors (Lipinski definition) is 7. The molecule has 0 aliphatic carbocycles. The van der Waals surface area contributed by atoms with E-state index < -0.39 is 0 Å². The van der Waals surface area contributed by atoms with Gasteiger partial charge in [0.1, 0.15) is 0 Å². The van der Waals surface area contributed by atoms with E-state index in [-0.39, 0.29) is 6.79 Å². The fraction of sp³-hybridized carbons (Fsp3) is 0.364. The Bertz CT molecular complexity index is 930. The zero-order valence-electron chi connectivity index (χ0n) is 17.2. The summed E-state index contributed by atoms with van der Waals surface area (Å²) in [4.78, 5) is 2.31. The van der Waals surface area contributed by atoms with E-state index in [2.05, 4.69) is 33.6 Å². The highest BCUT2D eigenvalue weighted by Crippen LogP contribution is 2.42. The van der Waals surface area contributed by atoms with Gasteiger partial charge in [-0.3, -0.25) is 0 Å². The van der Waals surface area contributed by atoms with Crippen molar-refractivity contribution < 1.29 is 28.4 Å². The Hall–Kier alpha value is -2.33. The SMILES string of the molecule is COc1cc(/C(=C\c2cc3c(cc2I)OCO3)N2CCOCC2)cc(OC)c1OC. The maximum atomic E-state index is 5.59. The summed E-state index contributed by atoms with van der Waals surface area (Å²) in [6.07, 6.45) is 2.16. The predicted octanol–water partition coefficient (Wildman–Crippen LogP) is 3.88. The lowest BCUT2D eigenvalue weighted by Gasteiger charge is -2.32. The standard InChI is InChI=1S/C22H24INO6/c1-25-20-10-15(11-21(26-2)22(20)27-3)17(24-4-6-28-7-5-24)8-14-9-18-19(12-16(14)23)30-13-29-18/h8-12H,4-7,13H2,1-3H3/b17-8+. The van der Waals surface area contributed by atoms with E-state index >= 15 is 0 Å². The summed E-state index contributed by atoms with van der Waals surface area (Å²) >= 11 is 2.32. The number of benzene rings is 2. The first kappa shape index (κ1) is 20.9. The van der Waals surface area contributed by atoms with Crippen molar-refractivity contribution in [2.24, 2.45) is 0 Å². The van der Waals surface area contributed by atoms with E-state index in [0.29, 0.717) is 30.5 Å². The summed E-state index contributed by atoms with van der Waals surface area (Å²) < 4.78 is 34.4. The number of methoxy groups -OCH3 is 3. The fourth-order valence-corrected chi connectivity index (χ4v) is 4.18. The highest BCUT2D eigenvalue weighted by Gasteiger charge is 2.22. The van der Waals surface area contributed by atoms with Crippen LogP contribution in [0.25, 0.3) is 11.8 Å². The molecule has 1 fully saturated rings. The van der Waals surface area contributed by atoms with Gasteiger partial charge in [0.05, 0.1) is 34.5 Å². The van der Waals surface area contributed by atoms with Crippen LogP contribution in [0.4, 0.5) is 0 Å². The molecule has 0 saturated carbocycles. The average Bonchev–Trinajstić information content (AvgIpc) is 3.23. The van der Waals surface area contributed by atoms with Crippen molar-refractivity contribution in [1.29, 1.82) is 0 Å². The minimum absolute atomic E-state index is 0.252. The van der Waals surface area contributed by atoms with Crippen molar-refractivity contribution >= 4 is 34.4 Å². The average molecular weight is 525 g/mol. The summed E-state index contributed by atoms with van der Waals surface area (Å²) in [6.45, 7) is 3.20. The van der Waals surface area contributed by atoms with Crippen LogP contribution in [0.15, 0.2) is 24.3 Å². The predicted molar refractivity (Wildman–Crippen MR) is 122 cm³/mol. The number of hydrogen-bond donors (Lipinski definition) is 0. The lowest BCUT2D eigenvalue weighted by molar-refractivity contribution is 0.0642. The van der Waals surface area contributed by atoms with Gasteiger partial charge in [0.15, 0.2) is 23.0 Å². The van der Waals surface area contributed by atoms with Gasteiger partial charge in [0, 0.05) is 27.9 Å². The van der Waals surface area contributed by atoms with Crippen molar-refractivity contribution in [3.8, 4) is 28.7 Å². The van der Waals surface area contributed by atoms with Crippen molar-refractivity contribution in [2.75, 3.05) is 54.4 Å². The van der Waals surface area contributed by atoms with E-state index in [9.17, 15) is 0 Å². The number of nitrogens with zero attached hydrogens (tertiary/aromatic N) is 1. The molecule has 2 heterocycles. The molecule has 0 N–H and O–H groups in total. The quantitative estimate of drug-likeness (QED) is 0.419. The Morgan fingerprint density at radius 2 is 1.57 bits per heavy atom. The van der Waals surface area contributed by atoms with Crippen LogP contribution in [0.2, 0.25) is 0 Å². The Morgan fingerprint density at radius 1 is 0.933 bits per heavy atom. The molecule has 4 rings (SSSR count).